The topological polar surface area (TPSA) is 87.8 Å². The minimum absolute atomic E-state index is 0.134. The van der Waals surface area contributed by atoms with Gasteiger partial charge in [0.05, 0.1) is 30.6 Å². The predicted octanol–water partition coefficient (Wildman–Crippen LogP) is 3.78. The van der Waals surface area contributed by atoms with Crippen molar-refractivity contribution in [2.75, 3.05) is 64.4 Å². The zero-order chi connectivity index (χ0) is 29.4. The maximum Gasteiger partial charge on any atom is 0.418 e. The lowest BCUT2D eigenvalue weighted by Gasteiger charge is -2.41. The number of hydrogen-bond acceptors (Lipinski definition) is 8. The number of nitriles is 1. The third-order valence-corrected chi connectivity index (χ3v) is 7.93. The summed E-state index contributed by atoms with van der Waals surface area (Å²) in [5.74, 6) is 0.478. The number of anilines is 1. The third kappa shape index (κ3) is 7.79. The van der Waals surface area contributed by atoms with E-state index in [1.165, 1.54) is 18.2 Å². The van der Waals surface area contributed by atoms with Crippen LogP contribution in [0.4, 0.5) is 18.9 Å². The maximum atomic E-state index is 13.8. The molecule has 2 fully saturated rings. The summed E-state index contributed by atoms with van der Waals surface area (Å²) in [7, 11) is 2.06. The number of rotatable bonds is 5. The number of likely N-dealkylation sites (N-methyl/N-ethyl adjacent to an activating group) is 1. The largest absolute Gasteiger partial charge is 0.462 e. The second kappa shape index (κ2) is 13.9. The van der Waals surface area contributed by atoms with Crippen molar-refractivity contribution in [1.29, 1.82) is 5.26 Å². The summed E-state index contributed by atoms with van der Waals surface area (Å²) in [4.78, 5) is 29.5. The van der Waals surface area contributed by atoms with Crippen LogP contribution in [0.25, 0.3) is 0 Å². The summed E-state index contributed by atoms with van der Waals surface area (Å²) in [6, 6.07) is 7.93. The number of alkyl halides is 3. The molecule has 0 aliphatic carbocycles. The van der Waals surface area contributed by atoms with Crippen LogP contribution in [-0.4, -0.2) is 104 Å². The van der Waals surface area contributed by atoms with Gasteiger partial charge in [-0.3, -0.25) is 4.79 Å². The van der Waals surface area contributed by atoms with Crippen LogP contribution in [0.5, 0.6) is 0 Å². The smallest absolute Gasteiger partial charge is 0.418 e. The fourth-order valence-electron chi connectivity index (χ4n) is 5.68. The van der Waals surface area contributed by atoms with Crippen LogP contribution >= 0.6 is 0 Å². The van der Waals surface area contributed by atoms with Crippen molar-refractivity contribution < 1.29 is 22.7 Å². The molecule has 2 saturated heterocycles. The molecule has 9 nitrogen and oxygen atoms in total. The highest BCUT2D eigenvalue weighted by Gasteiger charge is 2.35. The Balaban J connectivity index is 1.59. The number of nitrogens with zero attached hydrogens (tertiary/aromatic N) is 7. The zero-order valence-corrected chi connectivity index (χ0v) is 23.5. The van der Waals surface area contributed by atoms with Crippen LogP contribution in [-0.2, 0) is 15.7 Å². The van der Waals surface area contributed by atoms with Crippen molar-refractivity contribution in [3.05, 3.63) is 42.5 Å². The van der Waals surface area contributed by atoms with Gasteiger partial charge in [-0.15, -0.1) is 0 Å². The number of amidine groups is 2. The molecule has 3 heterocycles. The van der Waals surface area contributed by atoms with E-state index < -0.39 is 11.7 Å². The monoisotopic (exact) mass is 573 g/mol. The van der Waals surface area contributed by atoms with Crippen LogP contribution in [0.1, 0.15) is 37.7 Å². The minimum Gasteiger partial charge on any atom is -0.462 e. The quantitative estimate of drug-likeness (QED) is 0.499. The molecular formula is C29H38F3N7O2. The molecule has 0 spiro atoms. The molecule has 0 saturated carbocycles. The Morgan fingerprint density at radius 3 is 2.66 bits per heavy atom. The second-order valence-corrected chi connectivity index (χ2v) is 10.6. The highest BCUT2D eigenvalue weighted by atomic mass is 19.4. The lowest BCUT2D eigenvalue weighted by Crippen LogP contribution is -2.56. The first-order chi connectivity index (χ1) is 19.7. The van der Waals surface area contributed by atoms with E-state index in [1.54, 1.807) is 15.9 Å². The van der Waals surface area contributed by atoms with Gasteiger partial charge in [0.15, 0.2) is 0 Å². The molecule has 0 radical (unpaired) electrons. The Labute approximate surface area is 239 Å². The normalized spacial score (nSPS) is 23.0. The van der Waals surface area contributed by atoms with E-state index in [4.69, 9.17) is 9.73 Å². The van der Waals surface area contributed by atoms with Gasteiger partial charge >= 0.3 is 12.2 Å². The van der Waals surface area contributed by atoms with Gasteiger partial charge < -0.3 is 24.3 Å². The molecule has 41 heavy (non-hydrogen) atoms. The van der Waals surface area contributed by atoms with Crippen molar-refractivity contribution >= 4 is 23.5 Å². The van der Waals surface area contributed by atoms with Gasteiger partial charge in [-0.2, -0.15) is 23.4 Å². The minimum atomic E-state index is -4.47. The molecule has 3 aliphatic heterocycles. The highest BCUT2D eigenvalue weighted by molar-refractivity contribution is 5.94. The van der Waals surface area contributed by atoms with E-state index in [1.807, 2.05) is 4.90 Å². The number of ether oxygens (including phenoxy) is 1. The summed E-state index contributed by atoms with van der Waals surface area (Å²) < 4.78 is 47.6. The summed E-state index contributed by atoms with van der Waals surface area (Å²) in [5, 5.41) is 9.40. The van der Waals surface area contributed by atoms with Gasteiger partial charge in [0.25, 0.3) is 0 Å². The Bertz CT molecular complexity index is 1180. The van der Waals surface area contributed by atoms with Gasteiger partial charge in [-0.25, -0.2) is 4.99 Å². The summed E-state index contributed by atoms with van der Waals surface area (Å²) in [6.07, 6.45) is 0.0829. The number of carbonyl (C=O) groups excluding carboxylic acids is 1. The molecule has 0 bridgehead atoms. The van der Waals surface area contributed by atoms with Crippen LogP contribution in [0, 0.1) is 11.3 Å². The first kappa shape index (κ1) is 30.4. The van der Waals surface area contributed by atoms with E-state index in [-0.39, 0.29) is 42.7 Å². The fraction of sp³-hybridized carbons (Fsp3) is 0.586. The van der Waals surface area contributed by atoms with Crippen molar-refractivity contribution in [2.24, 2.45) is 9.98 Å². The van der Waals surface area contributed by atoms with Crippen molar-refractivity contribution in [3.8, 4) is 6.07 Å². The molecule has 12 heteroatoms. The molecule has 4 rings (SSSR count). The molecule has 1 unspecified atom stereocenters. The SMILES string of the molecule is C=CC(=O)N1CCN(C2=NC(OC[C@H]3CCCN3C)=NCCN(c3ccccc3C(F)(F)F)CCC2)CC1CC#N. The van der Waals surface area contributed by atoms with Crippen LogP contribution in [0.3, 0.4) is 0 Å². The number of piperazine rings is 1. The zero-order valence-electron chi connectivity index (χ0n) is 23.5. The van der Waals surface area contributed by atoms with Gasteiger partial charge in [-0.05, 0) is 51.1 Å². The second-order valence-electron chi connectivity index (χ2n) is 10.6. The fourth-order valence-corrected chi connectivity index (χ4v) is 5.68. The average Bonchev–Trinajstić information content (AvgIpc) is 3.38. The summed E-state index contributed by atoms with van der Waals surface area (Å²) in [5.41, 5.74) is -0.534. The Morgan fingerprint density at radius 1 is 1.15 bits per heavy atom. The van der Waals surface area contributed by atoms with Crippen molar-refractivity contribution in [3.63, 3.8) is 0 Å². The molecule has 1 amide bonds. The lowest BCUT2D eigenvalue weighted by atomic mass is 10.1. The molecule has 0 N–H and O–H groups in total. The van der Waals surface area contributed by atoms with Crippen LogP contribution < -0.4 is 4.90 Å². The molecular weight excluding hydrogens is 535 g/mol. The number of aliphatic imine (C=N–C) groups is 2. The predicted molar refractivity (Wildman–Crippen MR) is 152 cm³/mol. The molecule has 1 aromatic rings. The van der Waals surface area contributed by atoms with Crippen molar-refractivity contribution in [1.82, 2.24) is 14.7 Å². The van der Waals surface area contributed by atoms with Gasteiger partial charge in [0.2, 0.25) is 5.91 Å². The first-order valence-corrected chi connectivity index (χ1v) is 14.1. The van der Waals surface area contributed by atoms with Crippen LogP contribution in [0.2, 0.25) is 0 Å². The Hall–Kier alpha value is -3.59. The Kier molecular flexibility index (Phi) is 10.3. The third-order valence-electron chi connectivity index (χ3n) is 7.93. The molecule has 3 aliphatic rings. The van der Waals surface area contributed by atoms with Crippen LogP contribution in [0.15, 0.2) is 46.9 Å². The number of halogens is 3. The average molecular weight is 574 g/mol. The van der Waals surface area contributed by atoms with E-state index in [0.717, 1.165) is 25.5 Å². The number of carbonyl (C=O) groups is 1. The van der Waals surface area contributed by atoms with E-state index >= 15 is 0 Å². The summed E-state index contributed by atoms with van der Waals surface area (Å²) >= 11 is 0. The van der Waals surface area contributed by atoms with Gasteiger partial charge in [-0.1, -0.05) is 18.7 Å². The van der Waals surface area contributed by atoms with E-state index in [0.29, 0.717) is 58.0 Å². The molecule has 222 valence electrons. The Morgan fingerprint density at radius 2 is 1.95 bits per heavy atom. The highest BCUT2D eigenvalue weighted by Crippen LogP contribution is 2.36. The van der Waals surface area contributed by atoms with Gasteiger partial charge in [0, 0.05) is 50.9 Å². The molecule has 2 atom stereocenters. The van der Waals surface area contributed by atoms with Crippen molar-refractivity contribution in [2.45, 2.75) is 50.4 Å². The summed E-state index contributed by atoms with van der Waals surface area (Å²) in [6.45, 7) is 7.21. The maximum absolute atomic E-state index is 13.8. The van der Waals surface area contributed by atoms with E-state index in [9.17, 15) is 23.2 Å². The number of amides is 1. The lowest BCUT2D eigenvalue weighted by molar-refractivity contribution is -0.137. The number of hydrogen-bond donors (Lipinski definition) is 0. The van der Waals surface area contributed by atoms with Gasteiger partial charge in [0.1, 0.15) is 12.4 Å². The number of para-hydroxylation sites is 1. The first-order valence-electron chi connectivity index (χ1n) is 14.1. The number of benzene rings is 1. The standard InChI is InChI=1S/C29H38F3N7O2/c1-3-27(40)39-19-18-38(20-22(39)12-13-33)26-11-7-16-37(25-10-5-4-9-24(25)29(30,31)32)17-14-34-28(35-26)41-21-23-8-6-15-36(23)2/h3-5,9-10,22-23H,1,6-8,11-12,14-21H2,2H3/t22?,23-/m1/s1. The molecule has 0 aromatic heterocycles. The number of likely N-dealkylation sites (tertiary alicyclic amines) is 1. The molecule has 1 aromatic carbocycles. The van der Waals surface area contributed by atoms with E-state index in [2.05, 4.69) is 29.6 Å².